The molecule has 0 amide bonds. The van der Waals surface area contributed by atoms with Crippen LogP contribution in [0, 0.1) is 12.8 Å². The molecule has 1 atom stereocenters. The molecule has 0 spiro atoms. The number of rotatable bonds is 8. The molecule has 0 saturated heterocycles. The van der Waals surface area contributed by atoms with Gasteiger partial charge in [-0.3, -0.25) is 0 Å². The Morgan fingerprint density at radius 3 is 3.12 bits per heavy atom. The lowest BCUT2D eigenvalue weighted by molar-refractivity contribution is 0.0324. The van der Waals surface area contributed by atoms with Gasteiger partial charge in [-0.2, -0.15) is 0 Å². The van der Waals surface area contributed by atoms with Gasteiger partial charge < -0.3 is 15.2 Å². The van der Waals surface area contributed by atoms with Gasteiger partial charge in [0.05, 0.1) is 23.4 Å². The Labute approximate surface area is 106 Å². The molecule has 5 heteroatoms. The number of hydrogen-bond acceptors (Lipinski definition) is 5. The highest BCUT2D eigenvalue weighted by atomic mass is 32.1. The third kappa shape index (κ3) is 5.12. The van der Waals surface area contributed by atoms with Gasteiger partial charge in [0.25, 0.3) is 0 Å². The number of hydrogen-bond donors (Lipinski definition) is 2. The Balaban J connectivity index is 1.51. The van der Waals surface area contributed by atoms with Crippen molar-refractivity contribution in [3.8, 4) is 0 Å². The van der Waals surface area contributed by atoms with Gasteiger partial charge in [-0.25, -0.2) is 4.98 Å². The van der Waals surface area contributed by atoms with Crippen LogP contribution in [0.15, 0.2) is 5.38 Å². The van der Waals surface area contributed by atoms with E-state index in [1.54, 1.807) is 11.3 Å². The van der Waals surface area contributed by atoms with E-state index in [0.29, 0.717) is 19.7 Å². The lowest BCUT2D eigenvalue weighted by atomic mass is 10.3. The van der Waals surface area contributed by atoms with E-state index in [-0.39, 0.29) is 0 Å². The maximum atomic E-state index is 9.66. The number of aliphatic hydroxyl groups excluding tert-OH is 1. The number of ether oxygens (including phenoxy) is 1. The van der Waals surface area contributed by atoms with Crippen LogP contribution in [0.3, 0.4) is 0 Å². The maximum Gasteiger partial charge on any atom is 0.0897 e. The number of aromatic nitrogens is 1. The quantitative estimate of drug-likeness (QED) is 0.737. The normalized spacial score (nSPS) is 17.3. The summed E-state index contributed by atoms with van der Waals surface area (Å²) in [5.74, 6) is 0.758. The predicted molar refractivity (Wildman–Crippen MR) is 68.1 cm³/mol. The minimum Gasteiger partial charge on any atom is -0.389 e. The molecule has 0 aromatic carbocycles. The summed E-state index contributed by atoms with van der Waals surface area (Å²) >= 11 is 1.65. The minimum absolute atomic E-state index is 0.423. The van der Waals surface area contributed by atoms with Crippen molar-refractivity contribution in [3.05, 3.63) is 16.1 Å². The lowest BCUT2D eigenvalue weighted by Gasteiger charge is -2.11. The summed E-state index contributed by atoms with van der Waals surface area (Å²) in [5.41, 5.74) is 1.04. The topological polar surface area (TPSA) is 54.4 Å². The van der Waals surface area contributed by atoms with Crippen molar-refractivity contribution in [2.45, 2.75) is 32.4 Å². The molecule has 96 valence electrons. The Kier molecular flexibility index (Phi) is 4.91. The van der Waals surface area contributed by atoms with Crippen molar-refractivity contribution < 1.29 is 9.84 Å². The molecule has 0 bridgehead atoms. The van der Waals surface area contributed by atoms with E-state index in [0.717, 1.165) is 23.2 Å². The second kappa shape index (κ2) is 6.44. The van der Waals surface area contributed by atoms with Gasteiger partial charge >= 0.3 is 0 Å². The summed E-state index contributed by atoms with van der Waals surface area (Å²) in [6.45, 7) is 4.50. The Morgan fingerprint density at radius 2 is 2.47 bits per heavy atom. The largest absolute Gasteiger partial charge is 0.389 e. The van der Waals surface area contributed by atoms with Crippen LogP contribution in [0.1, 0.15) is 23.5 Å². The molecule has 1 fully saturated rings. The Hall–Kier alpha value is -0.490. The third-order valence-electron chi connectivity index (χ3n) is 2.71. The second-order valence-corrected chi connectivity index (χ2v) is 5.69. The van der Waals surface area contributed by atoms with Gasteiger partial charge in [-0.1, -0.05) is 0 Å². The van der Waals surface area contributed by atoms with Gasteiger partial charge in [-0.05, 0) is 25.7 Å². The van der Waals surface area contributed by atoms with Crippen LogP contribution < -0.4 is 5.32 Å². The fraction of sp³-hybridized carbons (Fsp3) is 0.750. The number of thiazole rings is 1. The number of aliphatic hydroxyl groups is 1. The minimum atomic E-state index is -0.423. The molecule has 1 aromatic heterocycles. The van der Waals surface area contributed by atoms with Gasteiger partial charge in [-0.15, -0.1) is 11.3 Å². The molecule has 4 nitrogen and oxygen atoms in total. The van der Waals surface area contributed by atoms with Crippen molar-refractivity contribution >= 4 is 11.3 Å². The standard InChI is InChI=1S/C12H20N2O2S/c1-9-14-11(8-17-9)4-13-5-12(15)7-16-6-10-2-3-10/h8,10,12-13,15H,2-7H2,1H3. The van der Waals surface area contributed by atoms with Crippen molar-refractivity contribution in [1.29, 1.82) is 0 Å². The number of aryl methyl sites for hydroxylation is 1. The van der Waals surface area contributed by atoms with E-state index < -0.39 is 6.10 Å². The molecule has 0 aliphatic heterocycles. The molecule has 2 N–H and O–H groups in total. The van der Waals surface area contributed by atoms with Gasteiger partial charge in [0, 0.05) is 25.1 Å². The number of nitrogens with zero attached hydrogens (tertiary/aromatic N) is 1. The summed E-state index contributed by atoms with van der Waals surface area (Å²) in [6.07, 6.45) is 2.16. The number of nitrogens with one attached hydrogen (secondary N) is 1. The van der Waals surface area contributed by atoms with Crippen molar-refractivity contribution in [2.24, 2.45) is 5.92 Å². The molecule has 0 radical (unpaired) electrons. The van der Waals surface area contributed by atoms with Gasteiger partial charge in [0.1, 0.15) is 0 Å². The highest BCUT2D eigenvalue weighted by molar-refractivity contribution is 7.09. The molecule has 2 rings (SSSR count). The summed E-state index contributed by atoms with van der Waals surface area (Å²) < 4.78 is 5.42. The molecular formula is C12H20N2O2S. The van der Waals surface area contributed by atoms with E-state index in [1.165, 1.54) is 12.8 Å². The van der Waals surface area contributed by atoms with Crippen molar-refractivity contribution in [2.75, 3.05) is 19.8 Å². The van der Waals surface area contributed by atoms with Gasteiger partial charge in [0.15, 0.2) is 0 Å². The molecule has 1 saturated carbocycles. The van der Waals surface area contributed by atoms with Crippen LogP contribution in [-0.4, -0.2) is 36.0 Å². The Morgan fingerprint density at radius 1 is 1.65 bits per heavy atom. The lowest BCUT2D eigenvalue weighted by Crippen LogP contribution is -2.30. The smallest absolute Gasteiger partial charge is 0.0897 e. The third-order valence-corrected chi connectivity index (χ3v) is 3.54. The average molecular weight is 256 g/mol. The van der Waals surface area contributed by atoms with Gasteiger partial charge in [0.2, 0.25) is 0 Å². The first kappa shape index (κ1) is 13.0. The highest BCUT2D eigenvalue weighted by Crippen LogP contribution is 2.28. The molecule has 1 aliphatic rings. The monoisotopic (exact) mass is 256 g/mol. The van der Waals surface area contributed by atoms with Crippen LogP contribution in [0.2, 0.25) is 0 Å². The van der Waals surface area contributed by atoms with Crippen molar-refractivity contribution in [1.82, 2.24) is 10.3 Å². The molecule has 1 heterocycles. The molecule has 1 aliphatic carbocycles. The van der Waals surface area contributed by atoms with E-state index >= 15 is 0 Å². The molecule has 1 aromatic rings. The zero-order valence-electron chi connectivity index (χ0n) is 10.2. The van der Waals surface area contributed by atoms with E-state index in [1.807, 2.05) is 12.3 Å². The zero-order valence-corrected chi connectivity index (χ0v) is 11.0. The fourth-order valence-electron chi connectivity index (χ4n) is 1.57. The first-order valence-electron chi connectivity index (χ1n) is 6.11. The first-order chi connectivity index (χ1) is 8.24. The Bertz CT molecular complexity index is 339. The van der Waals surface area contributed by atoms with E-state index in [4.69, 9.17) is 4.74 Å². The predicted octanol–water partition coefficient (Wildman–Crippen LogP) is 1.33. The second-order valence-electron chi connectivity index (χ2n) is 4.62. The fourth-order valence-corrected chi connectivity index (χ4v) is 2.18. The van der Waals surface area contributed by atoms with Crippen LogP contribution in [0.4, 0.5) is 0 Å². The van der Waals surface area contributed by atoms with E-state index in [9.17, 15) is 5.11 Å². The molecular weight excluding hydrogens is 236 g/mol. The first-order valence-corrected chi connectivity index (χ1v) is 6.99. The summed E-state index contributed by atoms with van der Waals surface area (Å²) in [4.78, 5) is 4.34. The van der Waals surface area contributed by atoms with Crippen LogP contribution in [-0.2, 0) is 11.3 Å². The van der Waals surface area contributed by atoms with Crippen LogP contribution in [0.25, 0.3) is 0 Å². The molecule has 17 heavy (non-hydrogen) atoms. The average Bonchev–Trinajstić information content (AvgIpc) is 3.02. The summed E-state index contributed by atoms with van der Waals surface area (Å²) in [6, 6.07) is 0. The SMILES string of the molecule is Cc1nc(CNCC(O)COCC2CC2)cs1. The van der Waals surface area contributed by atoms with Crippen LogP contribution in [0.5, 0.6) is 0 Å². The van der Waals surface area contributed by atoms with Crippen molar-refractivity contribution in [3.63, 3.8) is 0 Å². The van der Waals surface area contributed by atoms with E-state index in [2.05, 4.69) is 10.3 Å². The highest BCUT2D eigenvalue weighted by Gasteiger charge is 2.21. The summed E-state index contributed by atoms with van der Waals surface area (Å²) in [5, 5.41) is 16.0. The summed E-state index contributed by atoms with van der Waals surface area (Å²) in [7, 11) is 0. The zero-order chi connectivity index (χ0) is 12.1. The molecule has 1 unspecified atom stereocenters. The van der Waals surface area contributed by atoms with Crippen LogP contribution >= 0.6 is 11.3 Å². The maximum absolute atomic E-state index is 9.66.